The number of nitrogens with one attached hydrogen (secondary N) is 1. The number of aliphatic imine (C=N–C) groups is 1. The second-order valence-corrected chi connectivity index (χ2v) is 6.78. The van der Waals surface area contributed by atoms with Crippen LogP contribution in [0, 0.1) is 5.92 Å². The molecule has 0 bridgehead atoms. The number of hydrogen-bond donors (Lipinski definition) is 1. The van der Waals surface area contributed by atoms with Crippen molar-refractivity contribution in [2.45, 2.75) is 52.0 Å². The van der Waals surface area contributed by atoms with Crippen LogP contribution in [0.1, 0.15) is 56.7 Å². The lowest BCUT2D eigenvalue weighted by atomic mass is 10.1. The Labute approximate surface area is 134 Å². The van der Waals surface area contributed by atoms with Crippen LogP contribution < -0.4 is 5.32 Å². The molecule has 2 rings (SSSR count). The quantitative estimate of drug-likeness (QED) is 0.478. The molecule has 1 N–H and O–H groups in total. The Balaban J connectivity index is 1.86. The maximum atomic E-state index is 4.58. The number of nitrogens with zero attached hydrogens (tertiary/aromatic N) is 4. The Hall–Kier alpha value is -1.52. The van der Waals surface area contributed by atoms with Crippen molar-refractivity contribution in [2.75, 3.05) is 20.6 Å². The molecule has 0 aromatic carbocycles. The van der Waals surface area contributed by atoms with Gasteiger partial charge in [-0.3, -0.25) is 9.67 Å². The Morgan fingerprint density at radius 2 is 2.23 bits per heavy atom. The molecule has 1 saturated carbocycles. The van der Waals surface area contributed by atoms with Gasteiger partial charge in [0.2, 0.25) is 0 Å². The van der Waals surface area contributed by atoms with E-state index >= 15 is 0 Å². The van der Waals surface area contributed by atoms with E-state index in [1.165, 1.54) is 36.9 Å². The van der Waals surface area contributed by atoms with E-state index in [-0.39, 0.29) is 0 Å². The van der Waals surface area contributed by atoms with Crippen LogP contribution in [0.4, 0.5) is 0 Å². The fraction of sp³-hybridized carbons (Fsp3) is 0.765. The molecule has 1 aliphatic rings. The topological polar surface area (TPSA) is 45.5 Å². The van der Waals surface area contributed by atoms with Gasteiger partial charge in [-0.05, 0) is 24.7 Å². The summed E-state index contributed by atoms with van der Waals surface area (Å²) in [5.41, 5.74) is 2.46. The molecule has 0 saturated heterocycles. The van der Waals surface area contributed by atoms with Crippen molar-refractivity contribution < 1.29 is 0 Å². The van der Waals surface area contributed by atoms with Gasteiger partial charge in [0, 0.05) is 46.0 Å². The molecule has 0 amide bonds. The van der Waals surface area contributed by atoms with Crippen molar-refractivity contribution in [3.05, 3.63) is 17.5 Å². The third kappa shape index (κ3) is 4.75. The molecular formula is C17H31N5. The first-order chi connectivity index (χ1) is 10.5. The fourth-order valence-electron chi connectivity index (χ4n) is 2.88. The standard InChI is InChI=1S/C17H31N5/c1-13(2)16-15(12-22(5)20-16)11-21(4)17(18-3)19-10-6-7-14-8-9-14/h12-14H,6-11H2,1-5H3,(H,18,19). The molecule has 1 aromatic rings. The average molecular weight is 305 g/mol. The van der Waals surface area contributed by atoms with Gasteiger partial charge >= 0.3 is 0 Å². The van der Waals surface area contributed by atoms with E-state index < -0.39 is 0 Å². The number of hydrogen-bond acceptors (Lipinski definition) is 2. The van der Waals surface area contributed by atoms with E-state index in [0.29, 0.717) is 5.92 Å². The summed E-state index contributed by atoms with van der Waals surface area (Å²) in [6, 6.07) is 0. The van der Waals surface area contributed by atoms with Crippen molar-refractivity contribution in [3.63, 3.8) is 0 Å². The van der Waals surface area contributed by atoms with Gasteiger partial charge in [-0.1, -0.05) is 26.7 Å². The van der Waals surface area contributed by atoms with E-state index in [1.54, 1.807) is 0 Å². The second kappa shape index (κ2) is 7.65. The summed E-state index contributed by atoms with van der Waals surface area (Å²) in [5.74, 6) is 2.41. The molecule has 5 nitrogen and oxygen atoms in total. The molecular weight excluding hydrogens is 274 g/mol. The van der Waals surface area contributed by atoms with Crippen molar-refractivity contribution in [1.82, 2.24) is 20.0 Å². The summed E-state index contributed by atoms with van der Waals surface area (Å²) in [5, 5.41) is 8.06. The highest BCUT2D eigenvalue weighted by atomic mass is 15.3. The molecule has 1 fully saturated rings. The van der Waals surface area contributed by atoms with Gasteiger partial charge in [0.1, 0.15) is 0 Å². The van der Waals surface area contributed by atoms with Crippen LogP contribution in [0.2, 0.25) is 0 Å². The minimum Gasteiger partial charge on any atom is -0.356 e. The summed E-state index contributed by atoms with van der Waals surface area (Å²) < 4.78 is 1.91. The second-order valence-electron chi connectivity index (χ2n) is 6.78. The molecule has 0 unspecified atom stereocenters. The maximum absolute atomic E-state index is 4.58. The van der Waals surface area contributed by atoms with Crippen molar-refractivity contribution in [1.29, 1.82) is 0 Å². The van der Waals surface area contributed by atoms with E-state index in [4.69, 9.17) is 0 Å². The molecule has 0 aliphatic heterocycles. The number of rotatable bonds is 7. The third-order valence-electron chi connectivity index (χ3n) is 4.23. The molecule has 124 valence electrons. The summed E-state index contributed by atoms with van der Waals surface area (Å²) in [7, 11) is 5.93. The Morgan fingerprint density at radius 1 is 1.50 bits per heavy atom. The predicted molar refractivity (Wildman–Crippen MR) is 92.1 cm³/mol. The zero-order chi connectivity index (χ0) is 16.1. The average Bonchev–Trinajstić information content (AvgIpc) is 3.21. The van der Waals surface area contributed by atoms with Gasteiger partial charge < -0.3 is 10.2 Å². The van der Waals surface area contributed by atoms with Crippen molar-refractivity contribution in [2.24, 2.45) is 18.0 Å². The number of aromatic nitrogens is 2. The van der Waals surface area contributed by atoms with E-state index in [0.717, 1.165) is 25.0 Å². The molecule has 0 atom stereocenters. The lowest BCUT2D eigenvalue weighted by Gasteiger charge is -2.22. The van der Waals surface area contributed by atoms with E-state index in [9.17, 15) is 0 Å². The summed E-state index contributed by atoms with van der Waals surface area (Å²) in [6.45, 7) is 6.23. The minimum absolute atomic E-state index is 0.443. The van der Waals surface area contributed by atoms with Gasteiger partial charge in [-0.2, -0.15) is 5.10 Å². The summed E-state index contributed by atoms with van der Waals surface area (Å²) >= 11 is 0. The van der Waals surface area contributed by atoms with Crippen molar-refractivity contribution in [3.8, 4) is 0 Å². The van der Waals surface area contributed by atoms with Crippen LogP contribution in [-0.2, 0) is 13.6 Å². The molecule has 1 aromatic heterocycles. The van der Waals surface area contributed by atoms with Crippen LogP contribution in [0.15, 0.2) is 11.2 Å². The van der Waals surface area contributed by atoms with Gasteiger partial charge in [-0.15, -0.1) is 0 Å². The zero-order valence-electron chi connectivity index (χ0n) is 14.8. The van der Waals surface area contributed by atoms with Gasteiger partial charge in [0.25, 0.3) is 0 Å². The number of aryl methyl sites for hydroxylation is 1. The first-order valence-corrected chi connectivity index (χ1v) is 8.45. The molecule has 5 heteroatoms. The largest absolute Gasteiger partial charge is 0.356 e. The lowest BCUT2D eigenvalue weighted by molar-refractivity contribution is 0.470. The van der Waals surface area contributed by atoms with Gasteiger partial charge in [-0.25, -0.2) is 0 Å². The number of guanidine groups is 1. The molecule has 22 heavy (non-hydrogen) atoms. The van der Waals surface area contributed by atoms with E-state index in [1.807, 2.05) is 18.8 Å². The Morgan fingerprint density at radius 3 is 2.82 bits per heavy atom. The van der Waals surface area contributed by atoms with Gasteiger partial charge in [0.15, 0.2) is 5.96 Å². The summed E-state index contributed by atoms with van der Waals surface area (Å²) in [6.07, 6.45) is 7.59. The highest BCUT2D eigenvalue weighted by molar-refractivity contribution is 5.79. The monoisotopic (exact) mass is 305 g/mol. The minimum atomic E-state index is 0.443. The highest BCUT2D eigenvalue weighted by Crippen LogP contribution is 2.33. The first-order valence-electron chi connectivity index (χ1n) is 8.45. The van der Waals surface area contributed by atoms with E-state index in [2.05, 4.69) is 47.4 Å². The fourth-order valence-corrected chi connectivity index (χ4v) is 2.88. The molecule has 1 aliphatic carbocycles. The Bertz CT molecular complexity index is 499. The maximum Gasteiger partial charge on any atom is 0.193 e. The SMILES string of the molecule is CN=C(NCCCC1CC1)N(C)Cc1cn(C)nc1C(C)C. The van der Waals surface area contributed by atoms with Crippen LogP contribution >= 0.6 is 0 Å². The molecule has 0 spiro atoms. The first kappa shape index (κ1) is 16.8. The van der Waals surface area contributed by atoms with Crippen LogP contribution in [0.5, 0.6) is 0 Å². The third-order valence-corrected chi connectivity index (χ3v) is 4.23. The molecule has 1 heterocycles. The zero-order valence-corrected chi connectivity index (χ0v) is 14.8. The van der Waals surface area contributed by atoms with Crippen molar-refractivity contribution >= 4 is 5.96 Å². The smallest absolute Gasteiger partial charge is 0.193 e. The summed E-state index contributed by atoms with van der Waals surface area (Å²) in [4.78, 5) is 6.58. The normalized spacial score (nSPS) is 15.5. The molecule has 0 radical (unpaired) electrons. The lowest BCUT2D eigenvalue weighted by Crippen LogP contribution is -2.39. The van der Waals surface area contributed by atoms with Crippen LogP contribution in [-0.4, -0.2) is 41.3 Å². The van der Waals surface area contributed by atoms with Crippen LogP contribution in [0.25, 0.3) is 0 Å². The van der Waals surface area contributed by atoms with Crippen LogP contribution in [0.3, 0.4) is 0 Å². The van der Waals surface area contributed by atoms with Gasteiger partial charge in [0.05, 0.1) is 5.69 Å². The highest BCUT2D eigenvalue weighted by Gasteiger charge is 2.20. The Kier molecular flexibility index (Phi) is 5.86. The predicted octanol–water partition coefficient (Wildman–Crippen LogP) is 2.74.